The fourth-order valence-corrected chi connectivity index (χ4v) is 3.77. The molecule has 0 aliphatic carbocycles. The number of Topliss-reactive ketones (excluding diaryl/α,β-unsaturated/α-hetero) is 1. The smallest absolute Gasteiger partial charge is 0.195 e. The SMILES string of the molecule is CCn1c(C(C)=O)nc2c(N3CCOCC3)nc(-c3cccc(/C(N)=C/C=C\N)c3)nc21. The molecular weight excluding hydrogens is 406 g/mol. The Kier molecular flexibility index (Phi) is 6.18. The number of nitrogens with two attached hydrogens (primary N) is 2. The Balaban J connectivity index is 1.91. The minimum atomic E-state index is -0.104. The summed E-state index contributed by atoms with van der Waals surface area (Å²) in [6.07, 6.45) is 4.86. The number of hydrogen-bond acceptors (Lipinski definition) is 8. The van der Waals surface area contributed by atoms with Crippen LogP contribution < -0.4 is 16.4 Å². The monoisotopic (exact) mass is 433 g/mol. The molecule has 166 valence electrons. The standard InChI is InChI=1S/C23H27N7O2/c1-3-30-21(15(2)31)26-19-22(29-10-12-32-13-11-29)27-20(28-23(19)30)17-7-4-6-16(14-17)18(25)8-5-9-24/h4-9,14H,3,10-13,24-25H2,1-2H3/b9-5-,18-8-. The van der Waals surface area contributed by atoms with E-state index in [0.29, 0.717) is 67.2 Å². The molecule has 3 heterocycles. The highest BCUT2D eigenvalue weighted by Gasteiger charge is 2.24. The highest BCUT2D eigenvalue weighted by atomic mass is 16.5. The van der Waals surface area contributed by atoms with Crippen LogP contribution in [0.3, 0.4) is 0 Å². The number of rotatable bonds is 6. The number of nitrogens with zero attached hydrogens (tertiary/aromatic N) is 5. The van der Waals surface area contributed by atoms with Gasteiger partial charge < -0.3 is 25.7 Å². The zero-order valence-electron chi connectivity index (χ0n) is 18.3. The summed E-state index contributed by atoms with van der Waals surface area (Å²) in [5.74, 6) is 1.54. The Morgan fingerprint density at radius 1 is 1.22 bits per heavy atom. The second-order valence-corrected chi connectivity index (χ2v) is 7.47. The summed E-state index contributed by atoms with van der Waals surface area (Å²) in [4.78, 5) is 28.7. The summed E-state index contributed by atoms with van der Waals surface area (Å²) < 4.78 is 7.36. The minimum Gasteiger partial charge on any atom is -0.405 e. The van der Waals surface area contributed by atoms with E-state index in [9.17, 15) is 4.79 Å². The normalized spacial score (nSPS) is 15.1. The molecule has 1 aliphatic rings. The van der Waals surface area contributed by atoms with E-state index in [2.05, 4.69) is 9.88 Å². The number of carbonyl (C=O) groups is 1. The lowest BCUT2D eigenvalue weighted by atomic mass is 10.1. The summed E-state index contributed by atoms with van der Waals surface area (Å²) in [5, 5.41) is 0. The third-order valence-corrected chi connectivity index (χ3v) is 5.36. The summed E-state index contributed by atoms with van der Waals surface area (Å²) in [6.45, 7) is 6.68. The molecule has 1 fully saturated rings. The third kappa shape index (κ3) is 4.06. The number of aryl methyl sites for hydroxylation is 1. The topological polar surface area (TPSA) is 125 Å². The highest BCUT2D eigenvalue weighted by molar-refractivity contribution is 5.96. The van der Waals surface area contributed by atoms with E-state index >= 15 is 0 Å². The Labute approximate surface area is 186 Å². The highest BCUT2D eigenvalue weighted by Crippen LogP contribution is 2.29. The van der Waals surface area contributed by atoms with Gasteiger partial charge in [-0.25, -0.2) is 15.0 Å². The van der Waals surface area contributed by atoms with Gasteiger partial charge >= 0.3 is 0 Å². The molecule has 2 aromatic heterocycles. The van der Waals surface area contributed by atoms with Crippen molar-refractivity contribution in [3.8, 4) is 11.4 Å². The van der Waals surface area contributed by atoms with E-state index in [1.165, 1.54) is 13.1 Å². The summed E-state index contributed by atoms with van der Waals surface area (Å²) >= 11 is 0. The maximum absolute atomic E-state index is 12.2. The lowest BCUT2D eigenvalue weighted by Gasteiger charge is -2.28. The molecule has 0 spiro atoms. The van der Waals surface area contributed by atoms with E-state index in [0.717, 1.165) is 11.1 Å². The van der Waals surface area contributed by atoms with Crippen molar-refractivity contribution in [2.45, 2.75) is 20.4 Å². The van der Waals surface area contributed by atoms with Gasteiger partial charge in [-0.15, -0.1) is 0 Å². The Bertz CT molecular complexity index is 1210. The molecule has 1 saturated heterocycles. The zero-order valence-corrected chi connectivity index (χ0v) is 18.3. The first-order chi connectivity index (χ1) is 15.5. The van der Waals surface area contributed by atoms with Crippen molar-refractivity contribution >= 4 is 28.5 Å². The largest absolute Gasteiger partial charge is 0.405 e. The molecule has 9 nitrogen and oxygen atoms in total. The van der Waals surface area contributed by atoms with Crippen molar-refractivity contribution in [3.63, 3.8) is 0 Å². The Morgan fingerprint density at radius 3 is 2.69 bits per heavy atom. The van der Waals surface area contributed by atoms with Crippen LogP contribution in [0.25, 0.3) is 28.2 Å². The molecule has 32 heavy (non-hydrogen) atoms. The summed E-state index contributed by atoms with van der Waals surface area (Å²) in [5.41, 5.74) is 15.1. The van der Waals surface area contributed by atoms with Crippen LogP contribution in [-0.2, 0) is 11.3 Å². The van der Waals surface area contributed by atoms with Crippen LogP contribution >= 0.6 is 0 Å². The molecule has 0 amide bonds. The summed E-state index contributed by atoms with van der Waals surface area (Å²) in [7, 11) is 0. The quantitative estimate of drug-likeness (QED) is 0.448. The molecule has 0 saturated carbocycles. The van der Waals surface area contributed by atoms with Crippen LogP contribution in [-0.4, -0.2) is 51.6 Å². The fourth-order valence-electron chi connectivity index (χ4n) is 3.77. The van der Waals surface area contributed by atoms with Crippen LogP contribution in [0, 0.1) is 0 Å². The molecular formula is C23H27N7O2. The van der Waals surface area contributed by atoms with Crippen LogP contribution in [0.5, 0.6) is 0 Å². The Morgan fingerprint density at radius 2 is 2.00 bits per heavy atom. The van der Waals surface area contributed by atoms with E-state index in [-0.39, 0.29) is 5.78 Å². The molecule has 1 aliphatic heterocycles. The number of allylic oxidation sites excluding steroid dienone is 2. The number of ether oxygens (including phenoxy) is 1. The molecule has 0 bridgehead atoms. The fraction of sp³-hybridized carbons (Fsp3) is 0.304. The lowest BCUT2D eigenvalue weighted by molar-refractivity contribution is 0.1000. The number of ketones is 1. The van der Waals surface area contributed by atoms with Gasteiger partial charge in [0.15, 0.2) is 34.4 Å². The lowest BCUT2D eigenvalue weighted by Crippen LogP contribution is -2.37. The number of hydrogen-bond donors (Lipinski definition) is 2. The van der Waals surface area contributed by atoms with Crippen molar-refractivity contribution in [1.29, 1.82) is 0 Å². The number of morpholine rings is 1. The first kappa shape index (κ1) is 21.5. The van der Waals surface area contributed by atoms with Gasteiger partial charge in [0.1, 0.15) is 0 Å². The van der Waals surface area contributed by atoms with Gasteiger partial charge in [-0.05, 0) is 36.9 Å². The van der Waals surface area contributed by atoms with Gasteiger partial charge in [0.05, 0.1) is 13.2 Å². The predicted octanol–water partition coefficient (Wildman–Crippen LogP) is 2.32. The first-order valence-corrected chi connectivity index (χ1v) is 10.6. The zero-order chi connectivity index (χ0) is 22.7. The number of carbonyl (C=O) groups excluding carboxylic acids is 1. The van der Waals surface area contributed by atoms with Crippen molar-refractivity contribution in [3.05, 3.63) is 54.0 Å². The second kappa shape index (κ2) is 9.19. The van der Waals surface area contributed by atoms with E-state index < -0.39 is 0 Å². The van der Waals surface area contributed by atoms with Gasteiger partial charge in [-0.3, -0.25) is 4.79 Å². The molecule has 4 N–H and O–H groups in total. The number of fused-ring (bicyclic) bond motifs is 1. The van der Waals surface area contributed by atoms with Crippen molar-refractivity contribution < 1.29 is 9.53 Å². The van der Waals surface area contributed by atoms with Gasteiger partial charge in [-0.1, -0.05) is 18.2 Å². The summed E-state index contributed by atoms with van der Waals surface area (Å²) in [6, 6.07) is 7.72. The van der Waals surface area contributed by atoms with Crippen LogP contribution in [0.15, 0.2) is 42.6 Å². The van der Waals surface area contributed by atoms with Gasteiger partial charge in [0.25, 0.3) is 0 Å². The maximum Gasteiger partial charge on any atom is 0.195 e. The van der Waals surface area contributed by atoms with Crippen LogP contribution in [0.1, 0.15) is 30.0 Å². The van der Waals surface area contributed by atoms with Crippen molar-refractivity contribution in [2.75, 3.05) is 31.2 Å². The number of aromatic nitrogens is 4. The number of benzene rings is 1. The number of anilines is 1. The molecule has 4 rings (SSSR count). The minimum absolute atomic E-state index is 0.104. The molecule has 0 radical (unpaired) electrons. The first-order valence-electron chi connectivity index (χ1n) is 10.6. The molecule has 9 heteroatoms. The van der Waals surface area contributed by atoms with Crippen LogP contribution in [0.4, 0.5) is 5.82 Å². The number of imidazole rings is 1. The van der Waals surface area contributed by atoms with E-state index in [1.807, 2.05) is 35.8 Å². The molecule has 1 aromatic carbocycles. The molecule has 0 unspecified atom stereocenters. The van der Waals surface area contributed by atoms with Crippen molar-refractivity contribution in [1.82, 2.24) is 19.5 Å². The maximum atomic E-state index is 12.2. The van der Waals surface area contributed by atoms with E-state index in [1.54, 1.807) is 12.2 Å². The third-order valence-electron chi connectivity index (χ3n) is 5.36. The van der Waals surface area contributed by atoms with Gasteiger partial charge in [-0.2, -0.15) is 0 Å². The Hall–Kier alpha value is -3.72. The average molecular weight is 434 g/mol. The molecule has 3 aromatic rings. The predicted molar refractivity (Wildman–Crippen MR) is 125 cm³/mol. The van der Waals surface area contributed by atoms with Gasteiger partial charge in [0.2, 0.25) is 0 Å². The molecule has 0 atom stereocenters. The average Bonchev–Trinajstić information content (AvgIpc) is 3.21. The second-order valence-electron chi connectivity index (χ2n) is 7.47. The van der Waals surface area contributed by atoms with Crippen molar-refractivity contribution in [2.24, 2.45) is 11.5 Å². The van der Waals surface area contributed by atoms with Crippen LogP contribution in [0.2, 0.25) is 0 Å². The van der Waals surface area contributed by atoms with E-state index in [4.69, 9.17) is 26.2 Å². The van der Waals surface area contributed by atoms with Gasteiger partial charge in [0, 0.05) is 37.8 Å².